The van der Waals surface area contributed by atoms with Gasteiger partial charge in [-0.05, 0) is 60.6 Å². The molecular formula is C18H20FN3O2S. The summed E-state index contributed by atoms with van der Waals surface area (Å²) in [6.45, 7) is 1.88. The summed E-state index contributed by atoms with van der Waals surface area (Å²) in [7, 11) is -3.49. The average molecular weight is 361 g/mol. The molecule has 132 valence electrons. The maximum absolute atomic E-state index is 13.3. The summed E-state index contributed by atoms with van der Waals surface area (Å²) in [6, 6.07) is 8.19. The van der Waals surface area contributed by atoms with Crippen molar-refractivity contribution in [2.24, 2.45) is 5.92 Å². The molecule has 0 unspecified atom stereocenters. The first-order valence-corrected chi connectivity index (χ1v) is 9.97. The highest BCUT2D eigenvalue weighted by molar-refractivity contribution is 7.89. The molecule has 1 aromatic heterocycles. The second-order valence-corrected chi connectivity index (χ2v) is 8.50. The van der Waals surface area contributed by atoms with Crippen molar-refractivity contribution in [3.8, 4) is 0 Å². The number of halogens is 1. The summed E-state index contributed by atoms with van der Waals surface area (Å²) in [5.41, 5.74) is 2.11. The van der Waals surface area contributed by atoms with Gasteiger partial charge in [0.25, 0.3) is 0 Å². The fourth-order valence-corrected chi connectivity index (χ4v) is 4.13. The van der Waals surface area contributed by atoms with Crippen LogP contribution < -0.4 is 9.62 Å². The quantitative estimate of drug-likeness (QED) is 0.889. The van der Waals surface area contributed by atoms with E-state index < -0.39 is 10.0 Å². The molecule has 0 spiro atoms. The second-order valence-electron chi connectivity index (χ2n) is 6.73. The zero-order chi connectivity index (χ0) is 17.4. The Balaban J connectivity index is 1.47. The number of sulfonamides is 1. The lowest BCUT2D eigenvalue weighted by Crippen LogP contribution is -2.31. The molecule has 7 heteroatoms. The first-order chi connectivity index (χ1) is 12.0. The third kappa shape index (κ3) is 3.67. The van der Waals surface area contributed by atoms with Crippen molar-refractivity contribution in [3.05, 3.63) is 53.5 Å². The molecule has 2 heterocycles. The van der Waals surface area contributed by atoms with Crippen molar-refractivity contribution in [2.45, 2.75) is 30.7 Å². The van der Waals surface area contributed by atoms with Gasteiger partial charge in [-0.3, -0.25) is 0 Å². The molecule has 0 atom stereocenters. The zero-order valence-electron chi connectivity index (χ0n) is 13.8. The van der Waals surface area contributed by atoms with E-state index in [4.69, 9.17) is 0 Å². The number of anilines is 1. The van der Waals surface area contributed by atoms with Crippen LogP contribution in [0, 0.1) is 11.7 Å². The second kappa shape index (κ2) is 6.38. The van der Waals surface area contributed by atoms with E-state index in [1.54, 1.807) is 24.3 Å². The summed E-state index contributed by atoms with van der Waals surface area (Å²) < 4.78 is 40.4. The van der Waals surface area contributed by atoms with Gasteiger partial charge in [-0.2, -0.15) is 0 Å². The van der Waals surface area contributed by atoms with Crippen molar-refractivity contribution in [1.82, 2.24) is 9.71 Å². The van der Waals surface area contributed by atoms with Gasteiger partial charge in [-0.25, -0.2) is 22.5 Å². The predicted molar refractivity (Wildman–Crippen MR) is 93.3 cm³/mol. The predicted octanol–water partition coefficient (Wildman–Crippen LogP) is 2.47. The van der Waals surface area contributed by atoms with Crippen LogP contribution in [0.15, 0.2) is 41.4 Å². The lowest BCUT2D eigenvalue weighted by atomic mass is 10.00. The van der Waals surface area contributed by atoms with Crippen molar-refractivity contribution in [2.75, 3.05) is 18.0 Å². The first-order valence-electron chi connectivity index (χ1n) is 8.49. The van der Waals surface area contributed by atoms with Gasteiger partial charge >= 0.3 is 0 Å². The monoisotopic (exact) mass is 361 g/mol. The van der Waals surface area contributed by atoms with Crippen molar-refractivity contribution in [3.63, 3.8) is 0 Å². The minimum atomic E-state index is -3.49. The summed E-state index contributed by atoms with van der Waals surface area (Å²) >= 11 is 0. The van der Waals surface area contributed by atoms with E-state index in [0.29, 0.717) is 19.0 Å². The number of fused-ring (bicyclic) bond motifs is 1. The lowest BCUT2D eigenvalue weighted by Gasteiger charge is -2.29. The van der Waals surface area contributed by atoms with E-state index >= 15 is 0 Å². The van der Waals surface area contributed by atoms with Crippen LogP contribution in [0.25, 0.3) is 0 Å². The molecule has 5 nitrogen and oxygen atoms in total. The van der Waals surface area contributed by atoms with Gasteiger partial charge in [-0.1, -0.05) is 6.07 Å². The maximum Gasteiger partial charge on any atom is 0.242 e. The Bertz CT molecular complexity index is 880. The standard InChI is InChI=1S/C18H20FN3O2S/c19-16-4-3-15-12-22(8-7-14(15)9-16)18-6-5-17(11-20-18)25(23,24)21-10-13-1-2-13/h3-6,9,11,13,21H,1-2,7-8,10,12H2. The molecule has 2 aromatic rings. The fourth-order valence-electron chi connectivity index (χ4n) is 3.07. The Morgan fingerprint density at radius 1 is 1.20 bits per heavy atom. The normalized spacial score (nSPS) is 17.4. The minimum absolute atomic E-state index is 0.191. The van der Waals surface area contributed by atoms with Crippen LogP contribution in [-0.2, 0) is 23.0 Å². The van der Waals surface area contributed by atoms with E-state index in [-0.39, 0.29) is 10.7 Å². The van der Waals surface area contributed by atoms with Crippen LogP contribution in [0.1, 0.15) is 24.0 Å². The Hall–Kier alpha value is -1.99. The van der Waals surface area contributed by atoms with Crippen molar-refractivity contribution < 1.29 is 12.8 Å². The molecule has 2 aliphatic rings. The van der Waals surface area contributed by atoms with Gasteiger partial charge in [0.15, 0.2) is 0 Å². The molecule has 0 amide bonds. The van der Waals surface area contributed by atoms with Gasteiger partial charge in [0.1, 0.15) is 16.5 Å². The van der Waals surface area contributed by atoms with Gasteiger partial charge < -0.3 is 4.90 Å². The van der Waals surface area contributed by atoms with E-state index in [1.807, 2.05) is 0 Å². The minimum Gasteiger partial charge on any atom is -0.352 e. The molecule has 1 N–H and O–H groups in total. The molecular weight excluding hydrogens is 341 g/mol. The number of rotatable bonds is 5. The molecule has 1 fully saturated rings. The number of hydrogen-bond donors (Lipinski definition) is 1. The van der Waals surface area contributed by atoms with E-state index in [1.165, 1.54) is 12.3 Å². The van der Waals surface area contributed by atoms with Crippen LogP contribution in [0.5, 0.6) is 0 Å². The number of benzene rings is 1. The number of nitrogens with zero attached hydrogens (tertiary/aromatic N) is 2. The zero-order valence-corrected chi connectivity index (χ0v) is 14.6. The van der Waals surface area contributed by atoms with Crippen molar-refractivity contribution >= 4 is 15.8 Å². The number of hydrogen-bond acceptors (Lipinski definition) is 4. The van der Waals surface area contributed by atoms with Crippen LogP contribution in [0.2, 0.25) is 0 Å². The van der Waals surface area contributed by atoms with Crippen LogP contribution in [0.4, 0.5) is 10.2 Å². The summed E-state index contributed by atoms with van der Waals surface area (Å²) in [5, 5.41) is 0. The molecule has 25 heavy (non-hydrogen) atoms. The van der Waals surface area contributed by atoms with E-state index in [2.05, 4.69) is 14.6 Å². The molecule has 1 aromatic carbocycles. The van der Waals surface area contributed by atoms with Crippen LogP contribution >= 0.6 is 0 Å². The highest BCUT2D eigenvalue weighted by Crippen LogP contribution is 2.28. The molecule has 0 bridgehead atoms. The summed E-state index contributed by atoms with van der Waals surface area (Å²) in [6.07, 6.45) is 4.35. The molecule has 0 radical (unpaired) electrons. The lowest BCUT2D eigenvalue weighted by molar-refractivity contribution is 0.577. The highest BCUT2D eigenvalue weighted by atomic mass is 32.2. The number of aromatic nitrogens is 1. The fraction of sp³-hybridized carbons (Fsp3) is 0.389. The molecule has 0 saturated heterocycles. The first kappa shape index (κ1) is 16.5. The SMILES string of the molecule is O=S(=O)(NCC1CC1)c1ccc(N2CCc3cc(F)ccc3C2)nc1. The van der Waals surface area contributed by atoms with Crippen molar-refractivity contribution in [1.29, 1.82) is 0 Å². The Kier molecular flexibility index (Phi) is 4.21. The highest BCUT2D eigenvalue weighted by Gasteiger charge is 2.25. The number of nitrogens with one attached hydrogen (secondary N) is 1. The maximum atomic E-state index is 13.3. The Labute approximate surface area is 146 Å². The molecule has 1 saturated carbocycles. The van der Waals surface area contributed by atoms with Crippen LogP contribution in [-0.4, -0.2) is 26.5 Å². The largest absolute Gasteiger partial charge is 0.352 e. The number of pyridine rings is 1. The summed E-state index contributed by atoms with van der Waals surface area (Å²) in [5.74, 6) is 1.01. The van der Waals surface area contributed by atoms with Crippen LogP contribution in [0.3, 0.4) is 0 Å². The average Bonchev–Trinajstić information content (AvgIpc) is 3.44. The third-order valence-electron chi connectivity index (χ3n) is 4.79. The smallest absolute Gasteiger partial charge is 0.242 e. The third-order valence-corrected chi connectivity index (χ3v) is 6.20. The van der Waals surface area contributed by atoms with E-state index in [9.17, 15) is 12.8 Å². The Morgan fingerprint density at radius 3 is 2.76 bits per heavy atom. The van der Waals surface area contributed by atoms with E-state index in [0.717, 1.165) is 42.8 Å². The molecule has 1 aliphatic carbocycles. The van der Waals surface area contributed by atoms with Gasteiger partial charge in [0.2, 0.25) is 10.0 Å². The topological polar surface area (TPSA) is 62.3 Å². The molecule has 1 aliphatic heterocycles. The van der Waals surface area contributed by atoms with Gasteiger partial charge in [0.05, 0.1) is 0 Å². The summed E-state index contributed by atoms with van der Waals surface area (Å²) in [4.78, 5) is 6.60. The Morgan fingerprint density at radius 2 is 2.04 bits per heavy atom. The van der Waals surface area contributed by atoms with Gasteiger partial charge in [0, 0.05) is 25.8 Å². The van der Waals surface area contributed by atoms with Gasteiger partial charge in [-0.15, -0.1) is 0 Å². The molecule has 4 rings (SSSR count).